The van der Waals surface area contributed by atoms with Crippen molar-refractivity contribution in [1.29, 1.82) is 0 Å². The fourth-order valence-electron chi connectivity index (χ4n) is 2.00. The second-order valence-corrected chi connectivity index (χ2v) is 4.50. The van der Waals surface area contributed by atoms with Crippen molar-refractivity contribution in [2.45, 2.75) is 25.9 Å². The molecule has 1 rings (SSSR count). The van der Waals surface area contributed by atoms with E-state index >= 15 is 0 Å². The molecule has 2 N–H and O–H groups in total. The van der Waals surface area contributed by atoms with Crippen molar-refractivity contribution in [3.05, 3.63) is 60.7 Å². The molecule has 4 heteroatoms. The van der Waals surface area contributed by atoms with Gasteiger partial charge in [-0.2, -0.15) is 0 Å². The first-order chi connectivity index (χ1) is 9.49. The second kappa shape index (κ2) is 7.28. The van der Waals surface area contributed by atoms with E-state index in [0.717, 1.165) is 11.1 Å². The molecule has 1 aromatic rings. The van der Waals surface area contributed by atoms with Crippen LogP contribution in [0.3, 0.4) is 0 Å². The summed E-state index contributed by atoms with van der Waals surface area (Å²) in [7, 11) is 0. The molecule has 1 aromatic carbocycles. The molecule has 0 radical (unpaired) electrons. The number of amides is 2. The molecule has 20 heavy (non-hydrogen) atoms. The molecule has 0 spiro atoms. The quantitative estimate of drug-likeness (QED) is 0.781. The lowest BCUT2D eigenvalue weighted by atomic mass is 9.96. The van der Waals surface area contributed by atoms with Crippen molar-refractivity contribution in [1.82, 2.24) is 10.6 Å². The first-order valence-electron chi connectivity index (χ1n) is 6.44. The van der Waals surface area contributed by atoms with Crippen LogP contribution >= 0.6 is 0 Å². The fraction of sp³-hybridized carbons (Fsp3) is 0.250. The number of benzene rings is 1. The Labute approximate surface area is 119 Å². The van der Waals surface area contributed by atoms with Crippen LogP contribution in [0.15, 0.2) is 49.6 Å². The van der Waals surface area contributed by atoms with Gasteiger partial charge in [0.25, 0.3) is 0 Å². The van der Waals surface area contributed by atoms with Gasteiger partial charge in [0.2, 0.25) is 11.8 Å². The predicted octanol–water partition coefficient (Wildman–Crippen LogP) is 2.41. The Hall–Kier alpha value is -2.36. The summed E-state index contributed by atoms with van der Waals surface area (Å²) in [5.74, 6) is -0.454. The van der Waals surface area contributed by atoms with Crippen LogP contribution in [0, 0.1) is 0 Å². The van der Waals surface area contributed by atoms with Gasteiger partial charge >= 0.3 is 0 Å². The molecule has 0 fully saturated rings. The molecule has 0 aromatic heterocycles. The average molecular weight is 272 g/mol. The fourth-order valence-corrected chi connectivity index (χ4v) is 2.00. The van der Waals surface area contributed by atoms with Gasteiger partial charge in [-0.25, -0.2) is 0 Å². The third-order valence-corrected chi connectivity index (χ3v) is 3.02. The van der Waals surface area contributed by atoms with Crippen molar-refractivity contribution in [2.24, 2.45) is 0 Å². The van der Waals surface area contributed by atoms with Crippen molar-refractivity contribution in [3.63, 3.8) is 0 Å². The Kier molecular flexibility index (Phi) is 5.72. The molecule has 0 aliphatic carbocycles. The van der Waals surface area contributed by atoms with Gasteiger partial charge in [-0.15, -0.1) is 0 Å². The van der Waals surface area contributed by atoms with E-state index < -0.39 is 0 Å². The van der Waals surface area contributed by atoms with Crippen LogP contribution in [0.2, 0.25) is 0 Å². The predicted molar refractivity (Wildman–Crippen MR) is 80.0 cm³/mol. The standard InChI is InChI=1S/C16H20N2O2/c1-5-15(19)17-11(3)13-9-7-8-10-14(13)12(4)18-16(20)6-2/h5-12H,1-2H2,3-4H3,(H,17,19)(H,18,20). The SMILES string of the molecule is C=CC(=O)NC(C)c1ccccc1C(C)NC(=O)C=C. The molecule has 0 aliphatic heterocycles. The summed E-state index contributed by atoms with van der Waals surface area (Å²) < 4.78 is 0. The topological polar surface area (TPSA) is 58.2 Å². The lowest BCUT2D eigenvalue weighted by Crippen LogP contribution is -2.29. The summed E-state index contributed by atoms with van der Waals surface area (Å²) in [6.45, 7) is 10.7. The molecule has 2 amide bonds. The van der Waals surface area contributed by atoms with E-state index in [1.165, 1.54) is 12.2 Å². The van der Waals surface area contributed by atoms with Crippen LogP contribution < -0.4 is 10.6 Å². The summed E-state index contributed by atoms with van der Waals surface area (Å²) in [6.07, 6.45) is 2.48. The molecule has 2 atom stereocenters. The number of hydrogen-bond donors (Lipinski definition) is 2. The Balaban J connectivity index is 2.97. The number of carbonyl (C=O) groups is 2. The Morgan fingerprint density at radius 2 is 1.30 bits per heavy atom. The highest BCUT2D eigenvalue weighted by Gasteiger charge is 2.16. The highest BCUT2D eigenvalue weighted by Crippen LogP contribution is 2.23. The second-order valence-electron chi connectivity index (χ2n) is 4.50. The van der Waals surface area contributed by atoms with E-state index in [1.807, 2.05) is 38.1 Å². The first kappa shape index (κ1) is 15.7. The zero-order valence-electron chi connectivity index (χ0n) is 11.8. The molecule has 0 bridgehead atoms. The molecule has 4 nitrogen and oxygen atoms in total. The number of nitrogens with one attached hydrogen (secondary N) is 2. The Morgan fingerprint density at radius 3 is 1.60 bits per heavy atom. The van der Waals surface area contributed by atoms with E-state index in [4.69, 9.17) is 0 Å². The van der Waals surface area contributed by atoms with Crippen molar-refractivity contribution >= 4 is 11.8 Å². The number of carbonyl (C=O) groups excluding carboxylic acids is 2. The molecule has 0 saturated carbocycles. The van der Waals surface area contributed by atoms with Gasteiger partial charge in [0.15, 0.2) is 0 Å². The van der Waals surface area contributed by atoms with Gasteiger partial charge in [0.05, 0.1) is 12.1 Å². The highest BCUT2D eigenvalue weighted by molar-refractivity contribution is 5.87. The monoisotopic (exact) mass is 272 g/mol. The molecular formula is C16H20N2O2. The molecule has 106 valence electrons. The minimum atomic E-state index is -0.227. The summed E-state index contributed by atoms with van der Waals surface area (Å²) in [5.41, 5.74) is 1.92. The Bertz CT molecular complexity index is 476. The Morgan fingerprint density at radius 1 is 0.950 bits per heavy atom. The molecular weight excluding hydrogens is 252 g/mol. The average Bonchev–Trinajstić information content (AvgIpc) is 2.46. The smallest absolute Gasteiger partial charge is 0.243 e. The van der Waals surface area contributed by atoms with E-state index in [1.54, 1.807) is 0 Å². The number of hydrogen-bond acceptors (Lipinski definition) is 2. The van der Waals surface area contributed by atoms with Crippen molar-refractivity contribution in [3.8, 4) is 0 Å². The van der Waals surface area contributed by atoms with Gasteiger partial charge in [0.1, 0.15) is 0 Å². The van der Waals surface area contributed by atoms with E-state index in [2.05, 4.69) is 23.8 Å². The summed E-state index contributed by atoms with van der Waals surface area (Å²) in [5, 5.41) is 5.64. The first-order valence-corrected chi connectivity index (χ1v) is 6.44. The third kappa shape index (κ3) is 4.09. The van der Waals surface area contributed by atoms with Crippen LogP contribution in [0.25, 0.3) is 0 Å². The minimum Gasteiger partial charge on any atom is -0.346 e. The van der Waals surface area contributed by atoms with Gasteiger partial charge in [-0.1, -0.05) is 37.4 Å². The lowest BCUT2D eigenvalue weighted by molar-refractivity contribution is -0.118. The maximum absolute atomic E-state index is 11.4. The van der Waals surface area contributed by atoms with Gasteiger partial charge < -0.3 is 10.6 Å². The zero-order valence-corrected chi connectivity index (χ0v) is 11.8. The maximum atomic E-state index is 11.4. The molecule has 2 unspecified atom stereocenters. The molecule has 0 aliphatic rings. The third-order valence-electron chi connectivity index (χ3n) is 3.02. The lowest BCUT2D eigenvalue weighted by Gasteiger charge is -2.21. The van der Waals surface area contributed by atoms with Gasteiger partial charge in [-0.05, 0) is 37.1 Å². The maximum Gasteiger partial charge on any atom is 0.243 e. The summed E-state index contributed by atoms with van der Waals surface area (Å²) in [4.78, 5) is 22.8. The van der Waals surface area contributed by atoms with Crippen LogP contribution in [-0.2, 0) is 9.59 Å². The summed E-state index contributed by atoms with van der Waals surface area (Å²) in [6, 6.07) is 7.33. The van der Waals surface area contributed by atoms with Crippen LogP contribution in [0.5, 0.6) is 0 Å². The normalized spacial score (nSPS) is 12.9. The van der Waals surface area contributed by atoms with Crippen LogP contribution in [-0.4, -0.2) is 11.8 Å². The van der Waals surface area contributed by atoms with Crippen LogP contribution in [0.4, 0.5) is 0 Å². The minimum absolute atomic E-state index is 0.167. The van der Waals surface area contributed by atoms with Crippen LogP contribution in [0.1, 0.15) is 37.1 Å². The largest absolute Gasteiger partial charge is 0.346 e. The molecule has 0 saturated heterocycles. The van der Waals surface area contributed by atoms with E-state index in [0.29, 0.717) is 0 Å². The molecule has 0 heterocycles. The summed E-state index contributed by atoms with van der Waals surface area (Å²) >= 11 is 0. The highest BCUT2D eigenvalue weighted by atomic mass is 16.2. The number of rotatable bonds is 6. The van der Waals surface area contributed by atoms with Crippen molar-refractivity contribution < 1.29 is 9.59 Å². The van der Waals surface area contributed by atoms with Gasteiger partial charge in [0, 0.05) is 0 Å². The van der Waals surface area contributed by atoms with Crippen molar-refractivity contribution in [2.75, 3.05) is 0 Å². The van der Waals surface area contributed by atoms with Gasteiger partial charge in [-0.3, -0.25) is 9.59 Å². The zero-order chi connectivity index (χ0) is 15.1. The van der Waals surface area contributed by atoms with E-state index in [-0.39, 0.29) is 23.9 Å². The van der Waals surface area contributed by atoms with E-state index in [9.17, 15) is 9.59 Å².